The van der Waals surface area contributed by atoms with Gasteiger partial charge < -0.3 is 35.8 Å². The second-order valence-corrected chi connectivity index (χ2v) is 11.6. The second-order valence-electron chi connectivity index (χ2n) is 11.6. The number of hydrogen-bond donors (Lipinski definition) is 5. The van der Waals surface area contributed by atoms with Gasteiger partial charge >= 0.3 is 6.36 Å². The highest BCUT2D eigenvalue weighted by atomic mass is 19.4. The van der Waals surface area contributed by atoms with Gasteiger partial charge in [0.1, 0.15) is 28.6 Å². The van der Waals surface area contributed by atoms with Gasteiger partial charge in [0.05, 0.1) is 11.6 Å². The van der Waals surface area contributed by atoms with E-state index in [1.165, 1.54) is 31.1 Å². The lowest BCUT2D eigenvalue weighted by Crippen LogP contribution is -2.65. The molecule has 3 aliphatic rings. The van der Waals surface area contributed by atoms with Gasteiger partial charge in [-0.3, -0.25) is 19.3 Å². The van der Waals surface area contributed by atoms with Gasteiger partial charge in [-0.2, -0.15) is 0 Å². The zero-order valence-corrected chi connectivity index (χ0v) is 24.1. The van der Waals surface area contributed by atoms with Crippen LogP contribution >= 0.6 is 0 Å². The quantitative estimate of drug-likeness (QED) is 0.314. The number of aliphatic hydroxyl groups excluding tert-OH is 2. The topological polar surface area (TPSA) is 174 Å². The van der Waals surface area contributed by atoms with E-state index in [1.807, 2.05) is 0 Å². The zero-order chi connectivity index (χ0) is 32.6. The van der Waals surface area contributed by atoms with Gasteiger partial charge in [-0.15, -0.1) is 13.2 Å². The summed E-state index contributed by atoms with van der Waals surface area (Å²) >= 11 is 0. The summed E-state index contributed by atoms with van der Waals surface area (Å²) in [7, 11) is 6.43. The minimum absolute atomic E-state index is 0.0676. The molecule has 2 unspecified atom stereocenters. The number of fused-ring (bicyclic) bond motifs is 3. The third-order valence-corrected chi connectivity index (χ3v) is 8.58. The molecule has 3 aliphatic carbocycles. The normalized spacial score (nSPS) is 25.1. The van der Waals surface area contributed by atoms with E-state index in [1.54, 1.807) is 25.1 Å². The fraction of sp³-hybridized carbons (Fsp3) is 0.367. The number of aliphatic hydroxyl groups is 3. The van der Waals surface area contributed by atoms with Crippen molar-refractivity contribution < 1.29 is 52.7 Å². The van der Waals surface area contributed by atoms with Gasteiger partial charge in [0.25, 0.3) is 5.91 Å². The smallest absolute Gasteiger partial charge is 0.508 e. The number of aromatic hydroxyl groups is 1. The molecule has 1 amide bonds. The number of nitrogens with two attached hydrogens (primary N) is 1. The number of carbonyl (C=O) groups excluding carboxylic acids is 3. The fourth-order valence-corrected chi connectivity index (χ4v) is 6.75. The summed E-state index contributed by atoms with van der Waals surface area (Å²) in [5, 5.41) is 45.8. The molecule has 2 aromatic carbocycles. The number of halogens is 3. The molecule has 2 aromatic rings. The Balaban J connectivity index is 1.71. The Morgan fingerprint density at radius 2 is 1.68 bits per heavy atom. The molecule has 5 rings (SSSR count). The lowest BCUT2D eigenvalue weighted by molar-refractivity contribution is -0.274. The van der Waals surface area contributed by atoms with E-state index >= 15 is 0 Å². The van der Waals surface area contributed by atoms with Crippen LogP contribution in [0.4, 0.5) is 18.9 Å². The number of carbonyl (C=O) groups is 3. The number of primary amides is 1. The van der Waals surface area contributed by atoms with Crippen molar-refractivity contribution in [3.05, 3.63) is 58.4 Å². The number of ketones is 2. The number of phenolic OH excluding ortho intramolecular Hbond substituents is 1. The number of hydrogen-bond acceptors (Lipinski definition) is 10. The molecule has 0 spiro atoms. The largest absolute Gasteiger partial charge is 0.573 e. The predicted molar refractivity (Wildman–Crippen MR) is 151 cm³/mol. The number of Topliss-reactive ketones (excluding diaryl/α,β-unsaturated/α-hetero) is 2. The molecule has 44 heavy (non-hydrogen) atoms. The van der Waals surface area contributed by atoms with Crippen LogP contribution < -0.4 is 15.4 Å². The van der Waals surface area contributed by atoms with Gasteiger partial charge in [-0.05, 0) is 62.2 Å². The Labute approximate surface area is 249 Å². The number of phenols is 1. The predicted octanol–water partition coefficient (Wildman–Crippen LogP) is 2.60. The molecule has 0 radical (unpaired) electrons. The van der Waals surface area contributed by atoms with E-state index in [0.29, 0.717) is 11.3 Å². The van der Waals surface area contributed by atoms with Crippen LogP contribution in [0.15, 0.2) is 47.2 Å². The number of nitrogens with zero attached hydrogens (tertiary/aromatic N) is 2. The minimum Gasteiger partial charge on any atom is -0.508 e. The van der Waals surface area contributed by atoms with E-state index in [-0.39, 0.29) is 35.1 Å². The lowest BCUT2D eigenvalue weighted by Gasteiger charge is -2.50. The monoisotopic (exact) mass is 617 g/mol. The van der Waals surface area contributed by atoms with Crippen LogP contribution in [0.3, 0.4) is 0 Å². The van der Waals surface area contributed by atoms with Gasteiger partial charge in [0.2, 0.25) is 5.78 Å². The molecule has 4 atom stereocenters. The number of alkyl halides is 3. The maximum Gasteiger partial charge on any atom is 0.573 e. The number of rotatable bonds is 5. The maximum absolute atomic E-state index is 14.1. The highest BCUT2D eigenvalue weighted by Gasteiger charge is 2.64. The van der Waals surface area contributed by atoms with Crippen LogP contribution in [0.1, 0.15) is 17.5 Å². The minimum atomic E-state index is -4.91. The van der Waals surface area contributed by atoms with Crippen molar-refractivity contribution in [1.82, 2.24) is 4.90 Å². The summed E-state index contributed by atoms with van der Waals surface area (Å²) in [5.74, 6) is -8.15. The van der Waals surface area contributed by atoms with Crippen LogP contribution in [0, 0.1) is 11.8 Å². The Hall–Kier alpha value is -4.56. The van der Waals surface area contributed by atoms with Crippen molar-refractivity contribution in [3.63, 3.8) is 0 Å². The SMILES string of the molecule is CN(C)c1cc(-c2ccc(OC(F)(F)F)cc2)c(O)c2c1CC1CC3[C@H](N(C)C)C(=O)C(C(N)=O)=C(O)[C@@]3(O)C(=O)C1=C2O. The molecule has 14 heteroatoms. The zero-order valence-electron chi connectivity index (χ0n) is 24.1. The highest BCUT2D eigenvalue weighted by Crippen LogP contribution is 2.55. The molecule has 0 saturated heterocycles. The van der Waals surface area contributed by atoms with Crippen molar-refractivity contribution in [1.29, 1.82) is 0 Å². The van der Waals surface area contributed by atoms with Gasteiger partial charge in [0.15, 0.2) is 11.4 Å². The first-order valence-corrected chi connectivity index (χ1v) is 13.5. The van der Waals surface area contributed by atoms with Gasteiger partial charge in [0, 0.05) is 36.8 Å². The second kappa shape index (κ2) is 10.3. The number of amides is 1. The van der Waals surface area contributed by atoms with Crippen LogP contribution in [0.25, 0.3) is 16.9 Å². The number of benzene rings is 2. The molecular weight excluding hydrogens is 587 g/mol. The van der Waals surface area contributed by atoms with Crippen molar-refractivity contribution >= 4 is 28.9 Å². The first-order chi connectivity index (χ1) is 20.4. The summed E-state index contributed by atoms with van der Waals surface area (Å²) in [6.45, 7) is 0. The molecular formula is C30H30F3N3O8. The van der Waals surface area contributed by atoms with Crippen LogP contribution in [-0.4, -0.2) is 89.0 Å². The highest BCUT2D eigenvalue weighted by molar-refractivity contribution is 6.24. The Bertz CT molecular complexity index is 1660. The summed E-state index contributed by atoms with van der Waals surface area (Å²) < 4.78 is 41.9. The number of ether oxygens (including phenoxy) is 1. The molecule has 11 nitrogen and oxygen atoms in total. The van der Waals surface area contributed by atoms with E-state index in [9.17, 15) is 48.0 Å². The summed E-state index contributed by atoms with van der Waals surface area (Å²) in [6.07, 6.45) is -4.90. The van der Waals surface area contributed by atoms with E-state index in [0.717, 1.165) is 12.1 Å². The van der Waals surface area contributed by atoms with Crippen LogP contribution in [0.5, 0.6) is 11.5 Å². The summed E-state index contributed by atoms with van der Waals surface area (Å²) in [5.41, 5.74) is 2.55. The average Bonchev–Trinajstić information content (AvgIpc) is 2.90. The Kier molecular flexibility index (Phi) is 7.21. The first kappa shape index (κ1) is 30.9. The molecule has 234 valence electrons. The Morgan fingerprint density at radius 3 is 2.20 bits per heavy atom. The maximum atomic E-state index is 14.1. The van der Waals surface area contributed by atoms with E-state index in [4.69, 9.17) is 5.73 Å². The van der Waals surface area contributed by atoms with Crippen molar-refractivity contribution in [2.24, 2.45) is 17.6 Å². The van der Waals surface area contributed by atoms with Gasteiger partial charge in [-0.25, -0.2) is 0 Å². The average molecular weight is 618 g/mol. The summed E-state index contributed by atoms with van der Waals surface area (Å²) in [6, 6.07) is 5.07. The number of likely N-dealkylation sites (N-methyl/N-ethyl adjacent to an activating group) is 1. The molecule has 0 bridgehead atoms. The number of anilines is 1. The van der Waals surface area contributed by atoms with E-state index < -0.39 is 75.9 Å². The van der Waals surface area contributed by atoms with Gasteiger partial charge in [-0.1, -0.05) is 12.1 Å². The summed E-state index contributed by atoms with van der Waals surface area (Å²) in [4.78, 5) is 42.6. The van der Waals surface area contributed by atoms with Crippen molar-refractivity contribution in [2.45, 2.75) is 30.8 Å². The third kappa shape index (κ3) is 4.56. The van der Waals surface area contributed by atoms with Crippen LogP contribution in [0.2, 0.25) is 0 Å². The molecule has 0 aromatic heterocycles. The first-order valence-electron chi connectivity index (χ1n) is 13.5. The standard InChI is InChI=1S/C30H30F3N3O8/c1-35(2)18-11-15(12-5-7-14(8-6-12)44-30(31,32)33)23(37)20-16(18)9-13-10-17-22(36(3)4)25(39)21(28(34)42)27(41)29(17,43)26(40)19(13)24(20)38/h5-8,11,13,17,22,37-38,41,43H,9-10H2,1-4H3,(H2,34,42)/t13?,17?,22-,29-/m0/s1. The third-order valence-electron chi connectivity index (χ3n) is 8.58. The molecule has 1 fully saturated rings. The van der Waals surface area contributed by atoms with Crippen molar-refractivity contribution in [3.8, 4) is 22.6 Å². The molecule has 0 aliphatic heterocycles. The molecule has 1 saturated carbocycles. The lowest BCUT2D eigenvalue weighted by atomic mass is 9.57. The molecule has 0 heterocycles. The Morgan fingerprint density at radius 1 is 1.07 bits per heavy atom. The fourth-order valence-electron chi connectivity index (χ4n) is 6.75. The van der Waals surface area contributed by atoms with Crippen molar-refractivity contribution in [2.75, 3.05) is 33.1 Å². The van der Waals surface area contributed by atoms with Crippen LogP contribution in [-0.2, 0) is 20.8 Å². The van der Waals surface area contributed by atoms with E-state index in [2.05, 4.69) is 4.74 Å². The molecule has 6 N–H and O–H groups in total.